The first kappa shape index (κ1) is 19.5. The van der Waals surface area contributed by atoms with E-state index in [0.717, 1.165) is 24.8 Å². The Kier molecular flexibility index (Phi) is 5.33. The van der Waals surface area contributed by atoms with Gasteiger partial charge in [-0.3, -0.25) is 9.52 Å². The third-order valence-electron chi connectivity index (χ3n) is 5.41. The van der Waals surface area contributed by atoms with Gasteiger partial charge in [0.15, 0.2) is 0 Å². The maximum atomic E-state index is 13.2. The number of aromatic nitrogens is 1. The molecule has 1 fully saturated rings. The predicted octanol–water partition coefficient (Wildman–Crippen LogP) is 3.24. The second-order valence-corrected chi connectivity index (χ2v) is 8.71. The van der Waals surface area contributed by atoms with E-state index in [2.05, 4.69) is 4.72 Å². The van der Waals surface area contributed by atoms with Gasteiger partial charge >= 0.3 is 0 Å². The molecule has 1 aromatic carbocycles. The molecule has 1 aliphatic heterocycles. The minimum atomic E-state index is -3.89. The highest BCUT2D eigenvalue weighted by molar-refractivity contribution is 7.92. The van der Waals surface area contributed by atoms with Gasteiger partial charge in [0.1, 0.15) is 4.90 Å². The molecule has 1 saturated heterocycles. The summed E-state index contributed by atoms with van der Waals surface area (Å²) in [7, 11) is -2.10. The number of nitrogens with one attached hydrogen (secondary N) is 1. The van der Waals surface area contributed by atoms with Crippen LogP contribution in [-0.2, 0) is 23.5 Å². The fraction of sp³-hybridized carbons (Fsp3) is 0.450. The molecular formula is C20H27N3O3S. The molecule has 0 saturated carbocycles. The standard InChI is InChI=1S/C20H27N3O3S/c1-5-16-8-10-17(11-9-16)21-27(25,26)19-15(3)22(4)14(2)18(19)20(24)23-12-6-7-13-23/h8-11,21H,5-7,12-13H2,1-4H3. The lowest BCUT2D eigenvalue weighted by Gasteiger charge is -2.17. The first-order chi connectivity index (χ1) is 12.8. The molecule has 7 heteroatoms. The van der Waals surface area contributed by atoms with Crippen molar-refractivity contribution in [2.45, 2.75) is 44.9 Å². The molecule has 1 amide bonds. The number of sulfonamides is 1. The number of likely N-dealkylation sites (tertiary alicyclic amines) is 1. The molecule has 0 unspecified atom stereocenters. The lowest BCUT2D eigenvalue weighted by Crippen LogP contribution is -2.30. The van der Waals surface area contributed by atoms with Gasteiger partial charge < -0.3 is 9.47 Å². The molecule has 2 heterocycles. The Morgan fingerprint density at radius 3 is 2.22 bits per heavy atom. The molecule has 1 N–H and O–H groups in total. The monoisotopic (exact) mass is 389 g/mol. The normalized spacial score (nSPS) is 14.6. The van der Waals surface area contributed by atoms with Crippen molar-refractivity contribution in [2.24, 2.45) is 7.05 Å². The van der Waals surface area contributed by atoms with Crippen LogP contribution in [0.2, 0.25) is 0 Å². The average Bonchev–Trinajstić information content (AvgIpc) is 3.25. The van der Waals surface area contributed by atoms with Gasteiger partial charge in [-0.05, 0) is 50.8 Å². The number of aryl methyl sites for hydroxylation is 1. The zero-order valence-electron chi connectivity index (χ0n) is 16.4. The first-order valence-electron chi connectivity index (χ1n) is 9.33. The number of carbonyl (C=O) groups excluding carboxylic acids is 1. The van der Waals surface area contributed by atoms with Crippen LogP contribution >= 0.6 is 0 Å². The Morgan fingerprint density at radius 1 is 1.07 bits per heavy atom. The van der Waals surface area contributed by atoms with Gasteiger partial charge in [0.2, 0.25) is 0 Å². The van der Waals surface area contributed by atoms with E-state index in [4.69, 9.17) is 0 Å². The lowest BCUT2D eigenvalue weighted by atomic mass is 10.2. The predicted molar refractivity (Wildman–Crippen MR) is 107 cm³/mol. The number of anilines is 1. The van der Waals surface area contributed by atoms with Crippen LogP contribution in [0.5, 0.6) is 0 Å². The van der Waals surface area contributed by atoms with Gasteiger partial charge in [0.05, 0.1) is 5.56 Å². The highest BCUT2D eigenvalue weighted by atomic mass is 32.2. The van der Waals surface area contributed by atoms with Crippen molar-refractivity contribution in [1.82, 2.24) is 9.47 Å². The molecule has 0 bridgehead atoms. The SMILES string of the molecule is CCc1ccc(NS(=O)(=O)c2c(C(=O)N3CCCC3)c(C)n(C)c2C)cc1. The number of carbonyl (C=O) groups is 1. The van der Waals surface area contributed by atoms with Gasteiger partial charge in [-0.15, -0.1) is 0 Å². The van der Waals surface area contributed by atoms with E-state index in [0.29, 0.717) is 30.2 Å². The van der Waals surface area contributed by atoms with Crippen molar-refractivity contribution in [1.29, 1.82) is 0 Å². The summed E-state index contributed by atoms with van der Waals surface area (Å²) in [4.78, 5) is 14.9. The molecule has 0 spiro atoms. The topological polar surface area (TPSA) is 71.4 Å². The molecule has 0 radical (unpaired) electrons. The van der Waals surface area contributed by atoms with Crippen LogP contribution in [0.4, 0.5) is 5.69 Å². The fourth-order valence-corrected chi connectivity index (χ4v) is 5.17. The summed E-state index contributed by atoms with van der Waals surface area (Å²) in [5, 5.41) is 0. The highest BCUT2D eigenvalue weighted by Crippen LogP contribution is 2.30. The van der Waals surface area contributed by atoms with E-state index in [-0.39, 0.29) is 16.4 Å². The highest BCUT2D eigenvalue weighted by Gasteiger charge is 2.33. The van der Waals surface area contributed by atoms with Crippen molar-refractivity contribution >= 4 is 21.6 Å². The Morgan fingerprint density at radius 2 is 1.67 bits per heavy atom. The van der Waals surface area contributed by atoms with Gasteiger partial charge in [0, 0.05) is 37.2 Å². The second kappa shape index (κ2) is 7.38. The second-order valence-electron chi connectivity index (χ2n) is 7.09. The number of benzene rings is 1. The number of hydrogen-bond donors (Lipinski definition) is 1. The van der Waals surface area contributed by atoms with E-state index in [1.54, 1.807) is 42.5 Å². The molecular weight excluding hydrogens is 362 g/mol. The number of hydrogen-bond acceptors (Lipinski definition) is 3. The quantitative estimate of drug-likeness (QED) is 0.853. The summed E-state index contributed by atoms with van der Waals surface area (Å²) < 4.78 is 30.8. The number of nitrogens with zero attached hydrogens (tertiary/aromatic N) is 2. The van der Waals surface area contributed by atoms with Gasteiger partial charge in [0.25, 0.3) is 15.9 Å². The Bertz CT molecular complexity index is 953. The summed E-state index contributed by atoms with van der Waals surface area (Å²) >= 11 is 0. The van der Waals surface area contributed by atoms with Crippen LogP contribution in [0.3, 0.4) is 0 Å². The van der Waals surface area contributed by atoms with Crippen molar-refractivity contribution in [3.63, 3.8) is 0 Å². The Hall–Kier alpha value is -2.28. The minimum Gasteiger partial charge on any atom is -0.350 e. The maximum absolute atomic E-state index is 13.2. The van der Waals surface area contributed by atoms with Gasteiger partial charge in [-0.1, -0.05) is 19.1 Å². The largest absolute Gasteiger partial charge is 0.350 e. The Balaban J connectivity index is 2.03. The fourth-order valence-electron chi connectivity index (χ4n) is 3.59. The summed E-state index contributed by atoms with van der Waals surface area (Å²) in [6, 6.07) is 7.31. The summed E-state index contributed by atoms with van der Waals surface area (Å²) in [5.74, 6) is -0.199. The van der Waals surface area contributed by atoms with E-state index in [9.17, 15) is 13.2 Å². The van der Waals surface area contributed by atoms with Crippen LogP contribution in [0.15, 0.2) is 29.2 Å². The first-order valence-corrected chi connectivity index (χ1v) is 10.8. The molecule has 0 aliphatic carbocycles. The van der Waals surface area contributed by atoms with Crippen LogP contribution in [-0.4, -0.2) is 36.9 Å². The average molecular weight is 390 g/mol. The lowest BCUT2D eigenvalue weighted by molar-refractivity contribution is 0.0788. The summed E-state index contributed by atoms with van der Waals surface area (Å²) in [5.41, 5.74) is 3.15. The summed E-state index contributed by atoms with van der Waals surface area (Å²) in [6.45, 7) is 6.94. The zero-order valence-corrected chi connectivity index (χ0v) is 17.2. The van der Waals surface area contributed by atoms with E-state index in [1.807, 2.05) is 19.1 Å². The van der Waals surface area contributed by atoms with Gasteiger partial charge in [-0.2, -0.15) is 0 Å². The minimum absolute atomic E-state index is 0.0824. The van der Waals surface area contributed by atoms with E-state index in [1.165, 1.54) is 0 Å². The van der Waals surface area contributed by atoms with E-state index >= 15 is 0 Å². The molecule has 2 aromatic rings. The third-order valence-corrected chi connectivity index (χ3v) is 6.96. The summed E-state index contributed by atoms with van der Waals surface area (Å²) in [6.07, 6.45) is 2.81. The molecule has 27 heavy (non-hydrogen) atoms. The zero-order chi connectivity index (χ0) is 19.8. The molecule has 0 atom stereocenters. The third kappa shape index (κ3) is 3.60. The number of rotatable bonds is 5. The smallest absolute Gasteiger partial charge is 0.264 e. The molecule has 1 aromatic heterocycles. The molecule has 6 nitrogen and oxygen atoms in total. The van der Waals surface area contributed by atoms with Crippen molar-refractivity contribution < 1.29 is 13.2 Å². The van der Waals surface area contributed by atoms with Crippen LogP contribution < -0.4 is 4.72 Å². The van der Waals surface area contributed by atoms with Crippen LogP contribution in [0, 0.1) is 13.8 Å². The van der Waals surface area contributed by atoms with Gasteiger partial charge in [-0.25, -0.2) is 8.42 Å². The maximum Gasteiger partial charge on any atom is 0.264 e. The van der Waals surface area contributed by atoms with Crippen molar-refractivity contribution in [3.8, 4) is 0 Å². The van der Waals surface area contributed by atoms with Crippen LogP contribution in [0.25, 0.3) is 0 Å². The van der Waals surface area contributed by atoms with Crippen molar-refractivity contribution in [3.05, 3.63) is 46.8 Å². The van der Waals surface area contributed by atoms with Crippen LogP contribution in [0.1, 0.15) is 47.1 Å². The molecule has 146 valence electrons. The number of amides is 1. The Labute approximate surface area is 161 Å². The molecule has 1 aliphatic rings. The van der Waals surface area contributed by atoms with E-state index < -0.39 is 10.0 Å². The molecule has 3 rings (SSSR count). The van der Waals surface area contributed by atoms with Crippen molar-refractivity contribution in [2.75, 3.05) is 17.8 Å².